The van der Waals surface area contributed by atoms with Gasteiger partial charge in [0.05, 0.1) is 12.6 Å². The molecule has 0 bridgehead atoms. The summed E-state index contributed by atoms with van der Waals surface area (Å²) in [5, 5.41) is 4.18. The third-order valence-electron chi connectivity index (χ3n) is 4.47. The van der Waals surface area contributed by atoms with Gasteiger partial charge in [-0.25, -0.2) is 0 Å². The van der Waals surface area contributed by atoms with Crippen molar-refractivity contribution in [2.75, 3.05) is 11.4 Å². The van der Waals surface area contributed by atoms with Gasteiger partial charge in [0.25, 0.3) is 0 Å². The van der Waals surface area contributed by atoms with Crippen LogP contribution < -0.4 is 10.2 Å². The fraction of sp³-hybridized carbons (Fsp3) is 0.316. The molecule has 0 radical (unpaired) electrons. The average Bonchev–Trinajstić information content (AvgIpc) is 2.83. The number of carbonyl (C=O) groups excluding carboxylic acids is 1. The number of anilines is 1. The van der Waals surface area contributed by atoms with Crippen molar-refractivity contribution >= 4 is 34.8 Å². The Bertz CT molecular complexity index is 763. The van der Waals surface area contributed by atoms with E-state index in [2.05, 4.69) is 29.3 Å². The summed E-state index contributed by atoms with van der Waals surface area (Å²) in [7, 11) is 0. The SMILES string of the molecule is C[C@H](NC(=O)CN1c2ccccc2C[C@H]1C)c1ccc(Cl)cc1Cl. The minimum absolute atomic E-state index is 0.0166. The van der Waals surface area contributed by atoms with E-state index in [1.807, 2.05) is 25.1 Å². The summed E-state index contributed by atoms with van der Waals surface area (Å²) in [4.78, 5) is 14.6. The second kappa shape index (κ2) is 7.04. The molecule has 3 rings (SSSR count). The van der Waals surface area contributed by atoms with Crippen molar-refractivity contribution in [3.63, 3.8) is 0 Å². The minimum Gasteiger partial charge on any atom is -0.359 e. The molecular weight excluding hydrogens is 343 g/mol. The predicted molar refractivity (Wildman–Crippen MR) is 100.0 cm³/mol. The normalized spacial score (nSPS) is 17.5. The lowest BCUT2D eigenvalue weighted by atomic mass is 10.1. The number of nitrogens with zero attached hydrogens (tertiary/aromatic N) is 1. The number of halogens is 2. The molecule has 0 spiro atoms. The zero-order chi connectivity index (χ0) is 17.3. The van der Waals surface area contributed by atoms with E-state index in [-0.39, 0.29) is 11.9 Å². The first-order chi connectivity index (χ1) is 11.5. The minimum atomic E-state index is -0.171. The average molecular weight is 363 g/mol. The van der Waals surface area contributed by atoms with Crippen LogP contribution in [0.2, 0.25) is 10.0 Å². The molecule has 0 saturated heterocycles. The Morgan fingerprint density at radius 2 is 2.04 bits per heavy atom. The quantitative estimate of drug-likeness (QED) is 0.860. The molecule has 5 heteroatoms. The van der Waals surface area contributed by atoms with Gasteiger partial charge >= 0.3 is 0 Å². The van der Waals surface area contributed by atoms with Crippen LogP contribution in [0.25, 0.3) is 0 Å². The van der Waals surface area contributed by atoms with Crippen LogP contribution in [0.3, 0.4) is 0 Å². The molecule has 2 aromatic rings. The molecule has 1 amide bonds. The number of nitrogens with one attached hydrogen (secondary N) is 1. The maximum Gasteiger partial charge on any atom is 0.240 e. The van der Waals surface area contributed by atoms with E-state index in [9.17, 15) is 4.79 Å². The van der Waals surface area contributed by atoms with Gasteiger partial charge in [0.2, 0.25) is 5.91 Å². The lowest BCUT2D eigenvalue weighted by Gasteiger charge is -2.25. The summed E-state index contributed by atoms with van der Waals surface area (Å²) in [5.41, 5.74) is 3.31. The lowest BCUT2D eigenvalue weighted by molar-refractivity contribution is -0.120. The second-order valence-corrected chi connectivity index (χ2v) is 7.11. The van der Waals surface area contributed by atoms with Gasteiger partial charge in [0.15, 0.2) is 0 Å². The smallest absolute Gasteiger partial charge is 0.240 e. The number of rotatable bonds is 4. The van der Waals surface area contributed by atoms with E-state index in [4.69, 9.17) is 23.2 Å². The first-order valence-corrected chi connectivity index (χ1v) is 8.80. The van der Waals surface area contributed by atoms with E-state index in [1.165, 1.54) is 5.56 Å². The van der Waals surface area contributed by atoms with Crippen LogP contribution in [0.4, 0.5) is 5.69 Å². The van der Waals surface area contributed by atoms with E-state index in [0.29, 0.717) is 22.6 Å². The van der Waals surface area contributed by atoms with Crippen molar-refractivity contribution in [1.29, 1.82) is 0 Å². The first kappa shape index (κ1) is 17.1. The summed E-state index contributed by atoms with van der Waals surface area (Å²) in [6.07, 6.45) is 0.974. The molecule has 0 unspecified atom stereocenters. The number of hydrogen-bond donors (Lipinski definition) is 1. The molecule has 0 saturated carbocycles. The summed E-state index contributed by atoms with van der Waals surface area (Å²) in [6.45, 7) is 4.41. The van der Waals surface area contributed by atoms with Gasteiger partial charge in [0.1, 0.15) is 0 Å². The van der Waals surface area contributed by atoms with Crippen LogP contribution in [0.15, 0.2) is 42.5 Å². The molecule has 0 aromatic heterocycles. The van der Waals surface area contributed by atoms with Gasteiger partial charge in [0, 0.05) is 21.8 Å². The summed E-state index contributed by atoms with van der Waals surface area (Å²) in [6, 6.07) is 13.7. The lowest BCUT2D eigenvalue weighted by Crippen LogP contribution is -2.40. The fourth-order valence-corrected chi connectivity index (χ4v) is 3.81. The van der Waals surface area contributed by atoms with Gasteiger partial charge in [-0.1, -0.05) is 47.5 Å². The van der Waals surface area contributed by atoms with E-state index < -0.39 is 0 Å². The molecule has 1 aliphatic heterocycles. The number of para-hydroxylation sites is 1. The van der Waals surface area contributed by atoms with Crippen LogP contribution in [0.5, 0.6) is 0 Å². The number of benzene rings is 2. The molecule has 2 atom stereocenters. The second-order valence-electron chi connectivity index (χ2n) is 6.26. The van der Waals surface area contributed by atoms with Crippen molar-refractivity contribution in [2.45, 2.75) is 32.4 Å². The Morgan fingerprint density at radius 1 is 1.29 bits per heavy atom. The summed E-state index contributed by atoms with van der Waals surface area (Å²) in [5.74, 6) is -0.0166. The van der Waals surface area contributed by atoms with Crippen LogP contribution >= 0.6 is 23.2 Å². The zero-order valence-corrected chi connectivity index (χ0v) is 15.2. The van der Waals surface area contributed by atoms with E-state index >= 15 is 0 Å². The molecule has 3 nitrogen and oxygen atoms in total. The molecule has 0 aliphatic carbocycles. The number of amides is 1. The van der Waals surface area contributed by atoms with Crippen LogP contribution in [-0.4, -0.2) is 18.5 Å². The monoisotopic (exact) mass is 362 g/mol. The van der Waals surface area contributed by atoms with Crippen molar-refractivity contribution in [1.82, 2.24) is 5.32 Å². The Morgan fingerprint density at radius 3 is 2.79 bits per heavy atom. The first-order valence-electron chi connectivity index (χ1n) is 8.04. The highest BCUT2D eigenvalue weighted by atomic mass is 35.5. The number of carbonyl (C=O) groups is 1. The van der Waals surface area contributed by atoms with Crippen LogP contribution in [-0.2, 0) is 11.2 Å². The van der Waals surface area contributed by atoms with Gasteiger partial charge in [-0.2, -0.15) is 0 Å². The van der Waals surface area contributed by atoms with Crippen molar-refractivity contribution in [3.8, 4) is 0 Å². The molecular formula is C19H20Cl2N2O. The molecule has 1 aliphatic rings. The zero-order valence-electron chi connectivity index (χ0n) is 13.7. The van der Waals surface area contributed by atoms with Crippen molar-refractivity contribution < 1.29 is 4.79 Å². The van der Waals surface area contributed by atoms with Crippen LogP contribution in [0, 0.1) is 0 Å². The predicted octanol–water partition coefficient (Wildman–Crippen LogP) is 4.62. The highest BCUT2D eigenvalue weighted by Crippen LogP contribution is 2.31. The topological polar surface area (TPSA) is 32.3 Å². The number of hydrogen-bond acceptors (Lipinski definition) is 2. The Labute approximate surface area is 152 Å². The Hall–Kier alpha value is -1.71. The molecule has 126 valence electrons. The van der Waals surface area contributed by atoms with Gasteiger partial charge in [-0.3, -0.25) is 4.79 Å². The van der Waals surface area contributed by atoms with Gasteiger partial charge in [-0.05, 0) is 49.6 Å². The molecule has 1 N–H and O–H groups in total. The molecule has 1 heterocycles. The molecule has 0 fully saturated rings. The third-order valence-corrected chi connectivity index (χ3v) is 5.03. The van der Waals surface area contributed by atoms with Crippen molar-refractivity contribution in [3.05, 3.63) is 63.6 Å². The third kappa shape index (κ3) is 3.52. The standard InChI is InChI=1S/C19H20Cl2N2O/c1-12-9-14-5-3-4-6-18(14)23(12)11-19(24)22-13(2)16-8-7-15(20)10-17(16)21/h3-8,10,12-13H,9,11H2,1-2H3,(H,22,24)/t12-,13+/m1/s1. The van der Waals surface area contributed by atoms with E-state index in [1.54, 1.807) is 12.1 Å². The number of fused-ring (bicyclic) bond motifs is 1. The van der Waals surface area contributed by atoms with Gasteiger partial charge < -0.3 is 10.2 Å². The molecule has 2 aromatic carbocycles. The Kier molecular flexibility index (Phi) is 5.02. The summed E-state index contributed by atoms with van der Waals surface area (Å²) < 4.78 is 0. The molecule has 24 heavy (non-hydrogen) atoms. The maximum atomic E-state index is 12.5. The van der Waals surface area contributed by atoms with Crippen molar-refractivity contribution in [2.24, 2.45) is 0 Å². The summed E-state index contributed by atoms with van der Waals surface area (Å²) >= 11 is 12.1. The van der Waals surface area contributed by atoms with E-state index in [0.717, 1.165) is 17.7 Å². The highest BCUT2D eigenvalue weighted by molar-refractivity contribution is 6.35. The largest absolute Gasteiger partial charge is 0.359 e. The van der Waals surface area contributed by atoms with Crippen LogP contribution in [0.1, 0.15) is 31.0 Å². The fourth-order valence-electron chi connectivity index (χ4n) is 3.24. The Balaban J connectivity index is 1.67. The maximum absolute atomic E-state index is 12.5. The van der Waals surface area contributed by atoms with Gasteiger partial charge in [-0.15, -0.1) is 0 Å². The highest BCUT2D eigenvalue weighted by Gasteiger charge is 2.27.